The molecule has 0 spiro atoms. The smallest absolute Gasteiger partial charge is 0.222 e. The second kappa shape index (κ2) is 5.74. The van der Waals surface area contributed by atoms with Crippen molar-refractivity contribution >= 4 is 5.91 Å². The van der Waals surface area contributed by atoms with Gasteiger partial charge in [-0.15, -0.1) is 0 Å². The highest BCUT2D eigenvalue weighted by atomic mass is 16.1. The van der Waals surface area contributed by atoms with Crippen molar-refractivity contribution in [2.45, 2.75) is 53.1 Å². The van der Waals surface area contributed by atoms with E-state index in [0.29, 0.717) is 6.42 Å². The SMILES string of the molecule is Cc1c(C(C)NC(=O)CC(N)C(C)(C)C)cnn1C. The van der Waals surface area contributed by atoms with Crippen LogP contribution in [0.1, 0.15) is 51.4 Å². The molecule has 0 saturated heterocycles. The molecule has 0 radical (unpaired) electrons. The molecule has 0 saturated carbocycles. The van der Waals surface area contributed by atoms with Crippen LogP contribution in [0.2, 0.25) is 0 Å². The Labute approximate surface area is 115 Å². The van der Waals surface area contributed by atoms with E-state index in [1.807, 2.05) is 41.7 Å². The van der Waals surface area contributed by atoms with Crippen molar-refractivity contribution in [1.29, 1.82) is 0 Å². The molecule has 1 aromatic rings. The second-order valence-electron chi connectivity index (χ2n) is 6.27. The van der Waals surface area contributed by atoms with Crippen LogP contribution in [-0.4, -0.2) is 21.7 Å². The third-order valence-corrected chi connectivity index (χ3v) is 3.63. The fourth-order valence-corrected chi connectivity index (χ4v) is 1.82. The van der Waals surface area contributed by atoms with Crippen molar-refractivity contribution in [3.63, 3.8) is 0 Å². The van der Waals surface area contributed by atoms with Crippen LogP contribution < -0.4 is 11.1 Å². The van der Waals surface area contributed by atoms with Gasteiger partial charge in [0.25, 0.3) is 0 Å². The maximum Gasteiger partial charge on any atom is 0.222 e. The minimum Gasteiger partial charge on any atom is -0.349 e. The molecule has 108 valence electrons. The predicted octanol–water partition coefficient (Wildman–Crippen LogP) is 1.67. The molecule has 0 aliphatic rings. The monoisotopic (exact) mass is 266 g/mol. The number of aromatic nitrogens is 2. The summed E-state index contributed by atoms with van der Waals surface area (Å²) in [6.45, 7) is 10.1. The van der Waals surface area contributed by atoms with Gasteiger partial charge in [0.1, 0.15) is 0 Å². The van der Waals surface area contributed by atoms with Crippen molar-refractivity contribution in [2.75, 3.05) is 0 Å². The van der Waals surface area contributed by atoms with Crippen molar-refractivity contribution in [3.8, 4) is 0 Å². The lowest BCUT2D eigenvalue weighted by molar-refractivity contribution is -0.122. The van der Waals surface area contributed by atoms with Gasteiger partial charge in [0.2, 0.25) is 5.91 Å². The third-order valence-electron chi connectivity index (χ3n) is 3.63. The minimum atomic E-state index is -0.144. The molecule has 2 atom stereocenters. The van der Waals surface area contributed by atoms with E-state index in [4.69, 9.17) is 5.73 Å². The van der Waals surface area contributed by atoms with Crippen molar-refractivity contribution in [2.24, 2.45) is 18.2 Å². The highest BCUT2D eigenvalue weighted by Crippen LogP contribution is 2.21. The van der Waals surface area contributed by atoms with Gasteiger partial charge < -0.3 is 11.1 Å². The van der Waals surface area contributed by atoms with Gasteiger partial charge in [0, 0.05) is 30.8 Å². The van der Waals surface area contributed by atoms with Gasteiger partial charge in [-0.1, -0.05) is 20.8 Å². The number of hydrogen-bond acceptors (Lipinski definition) is 3. The van der Waals surface area contributed by atoms with E-state index in [1.165, 1.54) is 0 Å². The average Bonchev–Trinajstić information content (AvgIpc) is 2.58. The first-order valence-electron chi connectivity index (χ1n) is 6.66. The zero-order chi connectivity index (χ0) is 14.8. The third kappa shape index (κ3) is 4.06. The van der Waals surface area contributed by atoms with Crippen LogP contribution in [0.3, 0.4) is 0 Å². The molecule has 5 nitrogen and oxygen atoms in total. The molecule has 0 bridgehead atoms. The van der Waals surface area contributed by atoms with E-state index in [-0.39, 0.29) is 23.4 Å². The number of nitrogens with two attached hydrogens (primary N) is 1. The Hall–Kier alpha value is -1.36. The Morgan fingerprint density at radius 1 is 1.53 bits per heavy atom. The van der Waals surface area contributed by atoms with Gasteiger partial charge in [-0.25, -0.2) is 0 Å². The number of rotatable bonds is 4. The van der Waals surface area contributed by atoms with Crippen molar-refractivity contribution in [1.82, 2.24) is 15.1 Å². The van der Waals surface area contributed by atoms with Gasteiger partial charge in [0.05, 0.1) is 12.2 Å². The summed E-state index contributed by atoms with van der Waals surface area (Å²) < 4.78 is 1.80. The summed E-state index contributed by atoms with van der Waals surface area (Å²) in [5.74, 6) is -0.0156. The minimum absolute atomic E-state index is 0.0156. The van der Waals surface area contributed by atoms with Crippen LogP contribution in [-0.2, 0) is 11.8 Å². The van der Waals surface area contributed by atoms with E-state index in [9.17, 15) is 4.79 Å². The maximum atomic E-state index is 12.0. The molecule has 1 heterocycles. The number of hydrogen-bond donors (Lipinski definition) is 2. The predicted molar refractivity (Wildman–Crippen MR) is 76.6 cm³/mol. The van der Waals surface area contributed by atoms with Crippen LogP contribution in [0, 0.1) is 12.3 Å². The molecule has 1 amide bonds. The Morgan fingerprint density at radius 3 is 2.53 bits per heavy atom. The molecule has 19 heavy (non-hydrogen) atoms. The Morgan fingerprint density at radius 2 is 2.11 bits per heavy atom. The first kappa shape index (κ1) is 15.7. The number of nitrogens with one attached hydrogen (secondary N) is 1. The molecule has 0 aromatic carbocycles. The van der Waals surface area contributed by atoms with Gasteiger partial charge in [-0.05, 0) is 19.3 Å². The molecule has 0 aliphatic carbocycles. The summed E-state index contributed by atoms with van der Waals surface area (Å²) in [6, 6.07) is -0.192. The number of nitrogens with zero attached hydrogens (tertiary/aromatic N) is 2. The molecular formula is C14H26N4O. The Balaban J connectivity index is 2.60. The lowest BCUT2D eigenvalue weighted by Gasteiger charge is -2.27. The Bertz CT molecular complexity index is 445. The van der Waals surface area contributed by atoms with Crippen LogP contribution in [0.15, 0.2) is 6.20 Å². The summed E-state index contributed by atoms with van der Waals surface area (Å²) in [4.78, 5) is 12.0. The molecule has 1 rings (SSSR count). The summed E-state index contributed by atoms with van der Waals surface area (Å²) in [5.41, 5.74) is 8.06. The largest absolute Gasteiger partial charge is 0.349 e. The quantitative estimate of drug-likeness (QED) is 0.870. The molecule has 2 unspecified atom stereocenters. The van der Waals surface area contributed by atoms with Gasteiger partial charge >= 0.3 is 0 Å². The van der Waals surface area contributed by atoms with E-state index >= 15 is 0 Å². The molecular weight excluding hydrogens is 240 g/mol. The number of carbonyl (C=O) groups excluding carboxylic acids is 1. The molecule has 1 aromatic heterocycles. The first-order chi connectivity index (χ1) is 8.62. The highest BCUT2D eigenvalue weighted by molar-refractivity contribution is 5.77. The lowest BCUT2D eigenvalue weighted by Crippen LogP contribution is -2.40. The summed E-state index contributed by atoms with van der Waals surface area (Å²) in [7, 11) is 1.89. The van der Waals surface area contributed by atoms with Crippen LogP contribution in [0.4, 0.5) is 0 Å². The maximum absolute atomic E-state index is 12.0. The van der Waals surface area contributed by atoms with Gasteiger partial charge in [0.15, 0.2) is 0 Å². The van der Waals surface area contributed by atoms with E-state index in [2.05, 4.69) is 10.4 Å². The van der Waals surface area contributed by atoms with Crippen LogP contribution in [0.25, 0.3) is 0 Å². The summed E-state index contributed by atoms with van der Waals surface area (Å²) in [6.07, 6.45) is 2.14. The fourth-order valence-electron chi connectivity index (χ4n) is 1.82. The first-order valence-corrected chi connectivity index (χ1v) is 6.66. The standard InChI is InChI=1S/C14H26N4O/c1-9(11-8-16-18(6)10(11)2)17-13(19)7-12(15)14(3,4)5/h8-9,12H,7,15H2,1-6H3,(H,17,19). The molecule has 5 heteroatoms. The Kier molecular flexibility index (Phi) is 4.74. The average molecular weight is 266 g/mol. The summed E-state index contributed by atoms with van der Waals surface area (Å²) >= 11 is 0. The number of amides is 1. The van der Waals surface area contributed by atoms with E-state index in [1.54, 1.807) is 10.9 Å². The number of carbonyl (C=O) groups is 1. The zero-order valence-electron chi connectivity index (χ0n) is 12.8. The van der Waals surface area contributed by atoms with Crippen molar-refractivity contribution in [3.05, 3.63) is 17.5 Å². The zero-order valence-corrected chi connectivity index (χ0v) is 12.8. The molecule has 3 N–H and O–H groups in total. The fraction of sp³-hybridized carbons (Fsp3) is 0.714. The second-order valence-corrected chi connectivity index (χ2v) is 6.27. The normalized spacial score (nSPS) is 15.1. The molecule has 0 fully saturated rings. The topological polar surface area (TPSA) is 72.9 Å². The van der Waals surface area contributed by atoms with Gasteiger partial charge in [-0.2, -0.15) is 5.10 Å². The highest BCUT2D eigenvalue weighted by Gasteiger charge is 2.24. The van der Waals surface area contributed by atoms with E-state index in [0.717, 1.165) is 11.3 Å². The van der Waals surface area contributed by atoms with Crippen LogP contribution >= 0.6 is 0 Å². The van der Waals surface area contributed by atoms with E-state index < -0.39 is 0 Å². The van der Waals surface area contributed by atoms with Crippen LogP contribution in [0.5, 0.6) is 0 Å². The molecule has 0 aliphatic heterocycles. The van der Waals surface area contributed by atoms with Gasteiger partial charge in [-0.3, -0.25) is 9.48 Å². The summed E-state index contributed by atoms with van der Waals surface area (Å²) in [5, 5.41) is 7.17. The lowest BCUT2D eigenvalue weighted by atomic mass is 9.85. The number of aryl methyl sites for hydroxylation is 1. The van der Waals surface area contributed by atoms with Crippen molar-refractivity contribution < 1.29 is 4.79 Å².